The number of carbonyl (C=O) groups excluding carboxylic acids is 1. The summed E-state index contributed by atoms with van der Waals surface area (Å²) in [5, 5.41) is 9.23. The Hall–Kier alpha value is -1.84. The molecule has 0 spiro atoms. The van der Waals surface area contributed by atoms with Crippen molar-refractivity contribution in [3.63, 3.8) is 0 Å². The standard InChI is InChI=1S/C17H21NO3/c19-16(18-11-3-6-15(18)17(20)21)14-9-7-12-4-1-2-5-13(12)8-10-14/h1-2,4-5,14-15H,3,6-11H2,(H,20,21). The number of hydrogen-bond acceptors (Lipinski definition) is 2. The highest BCUT2D eigenvalue weighted by Crippen LogP contribution is 2.28. The second-order valence-electron chi connectivity index (χ2n) is 6.07. The fourth-order valence-corrected chi connectivity index (χ4v) is 3.62. The molecular formula is C17H21NO3. The molecule has 0 bridgehead atoms. The summed E-state index contributed by atoms with van der Waals surface area (Å²) in [6.45, 7) is 0.596. The van der Waals surface area contributed by atoms with Crippen LogP contribution in [0.15, 0.2) is 24.3 Å². The predicted molar refractivity (Wildman–Crippen MR) is 78.9 cm³/mol. The van der Waals surface area contributed by atoms with Crippen molar-refractivity contribution >= 4 is 11.9 Å². The normalized spacial score (nSPS) is 22.7. The lowest BCUT2D eigenvalue weighted by Crippen LogP contribution is -2.43. The van der Waals surface area contributed by atoms with Crippen LogP contribution in [0.25, 0.3) is 0 Å². The molecule has 1 aromatic carbocycles. The molecule has 1 amide bonds. The zero-order chi connectivity index (χ0) is 14.8. The third kappa shape index (κ3) is 2.80. The second kappa shape index (κ2) is 5.88. The Morgan fingerprint density at radius 1 is 1.05 bits per heavy atom. The van der Waals surface area contributed by atoms with Gasteiger partial charge in [-0.2, -0.15) is 0 Å². The number of likely N-dealkylation sites (tertiary alicyclic amines) is 1. The average Bonchev–Trinajstić information content (AvgIpc) is 2.88. The van der Waals surface area contributed by atoms with Crippen molar-refractivity contribution in [3.05, 3.63) is 35.4 Å². The summed E-state index contributed by atoms with van der Waals surface area (Å²) >= 11 is 0. The van der Waals surface area contributed by atoms with Crippen LogP contribution in [0.3, 0.4) is 0 Å². The van der Waals surface area contributed by atoms with E-state index in [2.05, 4.69) is 12.1 Å². The number of carboxylic acids is 1. The van der Waals surface area contributed by atoms with E-state index in [1.54, 1.807) is 4.90 Å². The van der Waals surface area contributed by atoms with Crippen LogP contribution in [-0.2, 0) is 22.4 Å². The van der Waals surface area contributed by atoms with Crippen LogP contribution in [0.5, 0.6) is 0 Å². The summed E-state index contributed by atoms with van der Waals surface area (Å²) in [6, 6.07) is 7.75. The molecule has 3 rings (SSSR count). The number of aryl methyl sites for hydroxylation is 2. The smallest absolute Gasteiger partial charge is 0.326 e. The lowest BCUT2D eigenvalue weighted by atomic mass is 9.97. The third-order valence-electron chi connectivity index (χ3n) is 4.81. The molecule has 2 aliphatic rings. The topological polar surface area (TPSA) is 57.6 Å². The third-order valence-corrected chi connectivity index (χ3v) is 4.81. The number of aliphatic carboxylic acids is 1. The molecule has 0 aromatic heterocycles. The number of benzene rings is 1. The molecule has 4 heteroatoms. The molecule has 21 heavy (non-hydrogen) atoms. The van der Waals surface area contributed by atoms with Gasteiger partial charge in [-0.25, -0.2) is 4.79 Å². The molecule has 1 atom stereocenters. The van der Waals surface area contributed by atoms with Crippen molar-refractivity contribution in [2.24, 2.45) is 5.92 Å². The number of amides is 1. The predicted octanol–water partition coefficient (Wildman–Crippen LogP) is 2.26. The zero-order valence-electron chi connectivity index (χ0n) is 12.1. The van der Waals surface area contributed by atoms with E-state index < -0.39 is 12.0 Å². The van der Waals surface area contributed by atoms with Gasteiger partial charge in [0.2, 0.25) is 5.91 Å². The number of carboxylic acid groups (broad SMARTS) is 1. The number of rotatable bonds is 2. The Labute approximate surface area is 124 Å². The first-order chi connectivity index (χ1) is 10.2. The molecule has 1 N–H and O–H groups in total. The van der Waals surface area contributed by atoms with Crippen molar-refractivity contribution in [2.75, 3.05) is 6.54 Å². The maximum atomic E-state index is 12.7. The van der Waals surface area contributed by atoms with Gasteiger partial charge >= 0.3 is 5.97 Å². The monoisotopic (exact) mass is 287 g/mol. The summed E-state index contributed by atoms with van der Waals surface area (Å²) in [4.78, 5) is 25.5. The van der Waals surface area contributed by atoms with Crippen molar-refractivity contribution in [3.8, 4) is 0 Å². The molecular weight excluding hydrogens is 266 g/mol. The highest BCUT2D eigenvalue weighted by Gasteiger charge is 2.37. The highest BCUT2D eigenvalue weighted by atomic mass is 16.4. The Kier molecular flexibility index (Phi) is 3.95. The fourth-order valence-electron chi connectivity index (χ4n) is 3.62. The van der Waals surface area contributed by atoms with E-state index in [1.165, 1.54) is 11.1 Å². The van der Waals surface area contributed by atoms with Crippen LogP contribution >= 0.6 is 0 Å². The van der Waals surface area contributed by atoms with E-state index in [0.29, 0.717) is 13.0 Å². The molecule has 4 nitrogen and oxygen atoms in total. The lowest BCUT2D eigenvalue weighted by Gasteiger charge is -2.26. The van der Waals surface area contributed by atoms with Gasteiger partial charge in [-0.1, -0.05) is 24.3 Å². The molecule has 1 heterocycles. The fraction of sp³-hybridized carbons (Fsp3) is 0.529. The Morgan fingerprint density at radius 2 is 1.67 bits per heavy atom. The first-order valence-electron chi connectivity index (χ1n) is 7.77. The van der Waals surface area contributed by atoms with Gasteiger partial charge in [0.05, 0.1) is 0 Å². The summed E-state index contributed by atoms with van der Waals surface area (Å²) in [5.74, 6) is -0.845. The zero-order valence-corrected chi connectivity index (χ0v) is 12.1. The summed E-state index contributed by atoms with van der Waals surface area (Å²) in [5.41, 5.74) is 2.67. The van der Waals surface area contributed by atoms with Gasteiger partial charge in [-0.3, -0.25) is 4.79 Å². The number of carbonyl (C=O) groups is 2. The molecule has 1 aliphatic heterocycles. The van der Waals surface area contributed by atoms with Crippen molar-refractivity contribution in [1.82, 2.24) is 4.90 Å². The number of hydrogen-bond donors (Lipinski definition) is 1. The molecule has 112 valence electrons. The van der Waals surface area contributed by atoms with E-state index in [4.69, 9.17) is 0 Å². The minimum Gasteiger partial charge on any atom is -0.480 e. The second-order valence-corrected chi connectivity index (χ2v) is 6.07. The van der Waals surface area contributed by atoms with Gasteiger partial charge in [0.15, 0.2) is 0 Å². The van der Waals surface area contributed by atoms with Crippen LogP contribution in [0, 0.1) is 5.92 Å². The van der Waals surface area contributed by atoms with Gasteiger partial charge in [-0.05, 0) is 49.7 Å². The van der Waals surface area contributed by atoms with E-state index >= 15 is 0 Å². The van der Waals surface area contributed by atoms with Crippen LogP contribution in [-0.4, -0.2) is 34.5 Å². The van der Waals surface area contributed by atoms with Gasteiger partial charge < -0.3 is 10.0 Å². The minimum absolute atomic E-state index is 0.0302. The molecule has 0 radical (unpaired) electrons. The molecule has 1 unspecified atom stereocenters. The SMILES string of the molecule is O=C(O)C1CCCN1C(=O)C1CCc2ccccc2CC1. The maximum Gasteiger partial charge on any atom is 0.326 e. The average molecular weight is 287 g/mol. The van der Waals surface area contributed by atoms with Crippen molar-refractivity contribution in [1.29, 1.82) is 0 Å². The van der Waals surface area contributed by atoms with Crippen molar-refractivity contribution < 1.29 is 14.7 Å². The molecule has 1 fully saturated rings. The van der Waals surface area contributed by atoms with E-state index in [9.17, 15) is 14.7 Å². The van der Waals surface area contributed by atoms with Gasteiger partial charge in [-0.15, -0.1) is 0 Å². The van der Waals surface area contributed by atoms with Crippen molar-refractivity contribution in [2.45, 2.75) is 44.6 Å². The van der Waals surface area contributed by atoms with Crippen LogP contribution in [0.4, 0.5) is 0 Å². The highest BCUT2D eigenvalue weighted by molar-refractivity contribution is 5.85. The van der Waals surface area contributed by atoms with Gasteiger partial charge in [0.1, 0.15) is 6.04 Å². The minimum atomic E-state index is -0.863. The number of fused-ring (bicyclic) bond motifs is 1. The Morgan fingerprint density at radius 3 is 2.24 bits per heavy atom. The summed E-state index contributed by atoms with van der Waals surface area (Å²) in [6.07, 6.45) is 4.89. The molecule has 1 saturated heterocycles. The van der Waals surface area contributed by atoms with Crippen LogP contribution in [0.2, 0.25) is 0 Å². The van der Waals surface area contributed by atoms with E-state index in [-0.39, 0.29) is 11.8 Å². The number of nitrogens with zero attached hydrogens (tertiary/aromatic N) is 1. The molecule has 0 saturated carbocycles. The Balaban J connectivity index is 1.71. The van der Waals surface area contributed by atoms with E-state index in [0.717, 1.165) is 32.1 Å². The lowest BCUT2D eigenvalue weighted by molar-refractivity contribution is -0.150. The van der Waals surface area contributed by atoms with Crippen LogP contribution in [0.1, 0.15) is 36.8 Å². The molecule has 1 aromatic rings. The largest absolute Gasteiger partial charge is 0.480 e. The quantitative estimate of drug-likeness (QED) is 0.849. The molecule has 1 aliphatic carbocycles. The van der Waals surface area contributed by atoms with Gasteiger partial charge in [0.25, 0.3) is 0 Å². The Bertz CT molecular complexity index is 528. The summed E-state index contributed by atoms with van der Waals surface area (Å²) < 4.78 is 0. The first-order valence-corrected chi connectivity index (χ1v) is 7.77. The first kappa shape index (κ1) is 14.1. The van der Waals surface area contributed by atoms with Gasteiger partial charge in [0, 0.05) is 12.5 Å². The van der Waals surface area contributed by atoms with E-state index in [1.807, 2.05) is 12.1 Å². The van der Waals surface area contributed by atoms with Crippen LogP contribution < -0.4 is 0 Å². The maximum absolute atomic E-state index is 12.7. The summed E-state index contributed by atoms with van der Waals surface area (Å²) in [7, 11) is 0.